The van der Waals surface area contributed by atoms with Gasteiger partial charge in [0.25, 0.3) is 0 Å². The van der Waals surface area contributed by atoms with Gasteiger partial charge in [-0.2, -0.15) is 0 Å². The summed E-state index contributed by atoms with van der Waals surface area (Å²) >= 11 is 0. The fraction of sp³-hybridized carbons (Fsp3) is 0.167. The lowest BCUT2D eigenvalue weighted by atomic mass is 9.85. The van der Waals surface area contributed by atoms with Gasteiger partial charge < -0.3 is 4.42 Å². The molecule has 0 aliphatic heterocycles. The van der Waals surface area contributed by atoms with Crippen molar-refractivity contribution in [1.82, 2.24) is 0 Å². The minimum absolute atomic E-state index is 0.215. The van der Waals surface area contributed by atoms with Crippen molar-refractivity contribution in [2.45, 2.75) is 19.8 Å². The smallest absolute Gasteiger partial charge is 0.163 e. The third-order valence-corrected chi connectivity index (χ3v) is 3.54. The lowest BCUT2D eigenvalue weighted by Gasteiger charge is -2.18. The zero-order chi connectivity index (χ0) is 13.9. The largest absolute Gasteiger partial charge is 0.465 e. The molecule has 0 unspecified atom stereocenters. The molecule has 0 N–H and O–H groups in total. The van der Waals surface area contributed by atoms with E-state index in [9.17, 15) is 4.79 Å². The quantitative estimate of drug-likeness (QED) is 0.761. The van der Waals surface area contributed by atoms with E-state index in [1.807, 2.05) is 30.4 Å². The third-order valence-electron chi connectivity index (χ3n) is 3.54. The number of benzene rings is 1. The molecule has 20 heavy (non-hydrogen) atoms. The van der Waals surface area contributed by atoms with Crippen molar-refractivity contribution in [2.75, 3.05) is 0 Å². The van der Waals surface area contributed by atoms with Gasteiger partial charge in [0.15, 0.2) is 5.78 Å². The van der Waals surface area contributed by atoms with Gasteiger partial charge in [0.1, 0.15) is 5.76 Å². The zero-order valence-electron chi connectivity index (χ0n) is 11.4. The van der Waals surface area contributed by atoms with Crippen molar-refractivity contribution >= 4 is 17.4 Å². The monoisotopic (exact) mass is 264 g/mol. The summed E-state index contributed by atoms with van der Waals surface area (Å²) in [5, 5.41) is 0. The second-order valence-electron chi connectivity index (χ2n) is 5.04. The van der Waals surface area contributed by atoms with Gasteiger partial charge in [-0.25, -0.2) is 0 Å². The van der Waals surface area contributed by atoms with E-state index >= 15 is 0 Å². The minimum Gasteiger partial charge on any atom is -0.465 e. The van der Waals surface area contributed by atoms with Gasteiger partial charge in [0.2, 0.25) is 0 Å². The van der Waals surface area contributed by atoms with E-state index in [1.165, 1.54) is 11.1 Å². The van der Waals surface area contributed by atoms with Crippen LogP contribution < -0.4 is 0 Å². The molecular weight excluding hydrogens is 248 g/mol. The number of allylic oxidation sites excluding steroid dienone is 3. The van der Waals surface area contributed by atoms with E-state index in [4.69, 9.17) is 4.42 Å². The van der Waals surface area contributed by atoms with Crippen molar-refractivity contribution in [2.24, 2.45) is 0 Å². The van der Waals surface area contributed by atoms with Gasteiger partial charge in [0, 0.05) is 12.0 Å². The van der Waals surface area contributed by atoms with Crippen molar-refractivity contribution in [3.05, 3.63) is 71.2 Å². The van der Waals surface area contributed by atoms with E-state index in [2.05, 4.69) is 25.1 Å². The fourth-order valence-electron chi connectivity index (χ4n) is 2.50. The first kappa shape index (κ1) is 12.7. The van der Waals surface area contributed by atoms with Crippen LogP contribution in [0.25, 0.3) is 11.6 Å². The topological polar surface area (TPSA) is 30.2 Å². The summed E-state index contributed by atoms with van der Waals surface area (Å²) in [4.78, 5) is 12.1. The number of furan rings is 1. The fourth-order valence-corrected chi connectivity index (χ4v) is 2.50. The summed E-state index contributed by atoms with van der Waals surface area (Å²) in [6.07, 6.45) is 8.71. The molecule has 1 heterocycles. The van der Waals surface area contributed by atoms with Crippen LogP contribution in [0.4, 0.5) is 0 Å². The molecule has 1 aliphatic rings. The molecule has 0 radical (unpaired) electrons. The summed E-state index contributed by atoms with van der Waals surface area (Å²) in [5.74, 6) is 1.00. The van der Waals surface area contributed by atoms with Gasteiger partial charge in [-0.1, -0.05) is 35.9 Å². The molecule has 0 spiro atoms. The highest BCUT2D eigenvalue weighted by Gasteiger charge is 2.20. The van der Waals surface area contributed by atoms with Crippen molar-refractivity contribution in [1.29, 1.82) is 0 Å². The average molecular weight is 264 g/mol. The molecule has 1 aliphatic carbocycles. The Hall–Kier alpha value is -2.35. The predicted molar refractivity (Wildman–Crippen MR) is 80.2 cm³/mol. The molecule has 0 fully saturated rings. The number of aryl methyl sites for hydroxylation is 2. The van der Waals surface area contributed by atoms with E-state index in [1.54, 1.807) is 6.26 Å². The third kappa shape index (κ3) is 2.50. The van der Waals surface area contributed by atoms with Crippen LogP contribution in [0.3, 0.4) is 0 Å². The van der Waals surface area contributed by atoms with Crippen LogP contribution in [0.5, 0.6) is 0 Å². The van der Waals surface area contributed by atoms with Gasteiger partial charge >= 0.3 is 0 Å². The molecule has 2 heteroatoms. The minimum atomic E-state index is 0.215. The second kappa shape index (κ2) is 5.33. The Morgan fingerprint density at radius 1 is 1.20 bits per heavy atom. The normalized spacial score (nSPS) is 16.9. The number of fused-ring (bicyclic) bond motifs is 1. The number of hydrogen-bond acceptors (Lipinski definition) is 2. The maximum atomic E-state index is 12.1. The van der Waals surface area contributed by atoms with E-state index in [0.29, 0.717) is 6.42 Å². The number of carbonyl (C=O) groups excluding carboxylic acids is 1. The lowest BCUT2D eigenvalue weighted by Crippen LogP contribution is -2.12. The Balaban J connectivity index is 1.96. The van der Waals surface area contributed by atoms with Crippen LogP contribution in [0.1, 0.15) is 28.9 Å². The van der Waals surface area contributed by atoms with Crippen molar-refractivity contribution < 1.29 is 9.21 Å². The molecule has 1 aromatic heterocycles. The number of hydrogen-bond donors (Lipinski definition) is 0. The van der Waals surface area contributed by atoms with Crippen LogP contribution in [0.2, 0.25) is 0 Å². The Labute approximate surface area is 118 Å². The molecule has 100 valence electrons. The Kier molecular flexibility index (Phi) is 3.38. The predicted octanol–water partition coefficient (Wildman–Crippen LogP) is 4.20. The number of ketones is 1. The number of rotatable bonds is 2. The zero-order valence-corrected chi connectivity index (χ0v) is 11.4. The first-order valence-electron chi connectivity index (χ1n) is 6.79. The highest BCUT2D eigenvalue weighted by Crippen LogP contribution is 2.29. The number of carbonyl (C=O) groups is 1. The molecular formula is C18H16O2. The van der Waals surface area contributed by atoms with Crippen LogP contribution in [-0.2, 0) is 11.2 Å². The van der Waals surface area contributed by atoms with E-state index < -0.39 is 0 Å². The first-order chi connectivity index (χ1) is 9.74. The molecule has 3 rings (SSSR count). The molecule has 0 saturated heterocycles. The van der Waals surface area contributed by atoms with Crippen LogP contribution in [0, 0.1) is 6.92 Å². The Morgan fingerprint density at radius 2 is 2.10 bits per heavy atom. The van der Waals surface area contributed by atoms with E-state index in [-0.39, 0.29) is 5.78 Å². The van der Waals surface area contributed by atoms with E-state index in [0.717, 1.165) is 23.3 Å². The lowest BCUT2D eigenvalue weighted by molar-refractivity contribution is -0.113. The molecule has 0 amide bonds. The summed E-state index contributed by atoms with van der Waals surface area (Å²) in [6, 6.07) is 10.1. The van der Waals surface area contributed by atoms with Gasteiger partial charge in [-0.15, -0.1) is 0 Å². The maximum Gasteiger partial charge on any atom is 0.163 e. The van der Waals surface area contributed by atoms with Crippen LogP contribution in [0.15, 0.2) is 53.2 Å². The van der Waals surface area contributed by atoms with Gasteiger partial charge in [-0.05, 0) is 42.7 Å². The Morgan fingerprint density at radius 3 is 2.90 bits per heavy atom. The second-order valence-corrected chi connectivity index (χ2v) is 5.04. The molecule has 0 atom stereocenters. The van der Waals surface area contributed by atoms with Crippen molar-refractivity contribution in [3.63, 3.8) is 0 Å². The van der Waals surface area contributed by atoms with Gasteiger partial charge in [-0.3, -0.25) is 4.79 Å². The summed E-state index contributed by atoms with van der Waals surface area (Å²) < 4.78 is 5.24. The first-order valence-corrected chi connectivity index (χ1v) is 6.79. The Bertz CT molecular complexity index is 688. The standard InChI is InChI=1S/C18H16O2/c1-13-7-8-14-9-10-18(19)16(17(14)12-13)6-2-4-15-5-3-11-20-15/h2-8,11-12H,9-10H2,1H3/b4-2+,16-6?. The molecule has 0 bridgehead atoms. The molecule has 2 aromatic rings. The number of Topliss-reactive ketones (excluding diaryl/α,β-unsaturated/α-hetero) is 1. The highest BCUT2D eigenvalue weighted by molar-refractivity contribution is 6.22. The molecule has 1 aromatic carbocycles. The molecule has 2 nitrogen and oxygen atoms in total. The summed E-state index contributed by atoms with van der Waals surface area (Å²) in [6.45, 7) is 2.05. The van der Waals surface area contributed by atoms with Crippen LogP contribution in [-0.4, -0.2) is 5.78 Å². The van der Waals surface area contributed by atoms with Crippen LogP contribution >= 0.6 is 0 Å². The SMILES string of the molecule is Cc1ccc2c(c1)C(=C/C=C/c1ccco1)C(=O)CC2. The summed E-state index contributed by atoms with van der Waals surface area (Å²) in [7, 11) is 0. The van der Waals surface area contributed by atoms with Crippen molar-refractivity contribution in [3.8, 4) is 0 Å². The average Bonchev–Trinajstić information content (AvgIpc) is 2.94. The maximum absolute atomic E-state index is 12.1. The summed E-state index contributed by atoms with van der Waals surface area (Å²) in [5.41, 5.74) is 4.32. The molecule has 0 saturated carbocycles. The van der Waals surface area contributed by atoms with Gasteiger partial charge in [0.05, 0.1) is 6.26 Å². The highest BCUT2D eigenvalue weighted by atomic mass is 16.3.